The largest absolute Gasteiger partial charge is 0.488 e. The Kier molecular flexibility index (Phi) is 3.14. The van der Waals surface area contributed by atoms with Crippen LogP contribution in [-0.2, 0) is 17.8 Å². The van der Waals surface area contributed by atoms with Gasteiger partial charge in [-0.15, -0.1) is 0 Å². The molecule has 0 aromatic heterocycles. The number of aliphatic carboxylic acids is 1. The molecule has 25 heavy (non-hydrogen) atoms. The van der Waals surface area contributed by atoms with Crippen molar-refractivity contribution in [1.29, 1.82) is 0 Å². The van der Waals surface area contributed by atoms with Crippen LogP contribution in [0.3, 0.4) is 0 Å². The van der Waals surface area contributed by atoms with E-state index in [2.05, 4.69) is 0 Å². The van der Waals surface area contributed by atoms with Gasteiger partial charge in [0.2, 0.25) is 0 Å². The number of benzene rings is 2. The molecule has 0 bridgehead atoms. The molecule has 3 rings (SSSR count). The van der Waals surface area contributed by atoms with Crippen LogP contribution in [0, 0.1) is 0 Å². The monoisotopic (exact) mass is 344 g/mol. The van der Waals surface area contributed by atoms with Crippen LogP contribution in [0.4, 0.5) is 0 Å². The van der Waals surface area contributed by atoms with Gasteiger partial charge in [0.05, 0.1) is 10.5 Å². The highest BCUT2D eigenvalue weighted by Gasteiger charge is 2.19. The summed E-state index contributed by atoms with van der Waals surface area (Å²) in [7, 11) is 3.17. The third kappa shape index (κ3) is 4.09. The fraction of sp³-hybridized carbons (Fsp3) is 0.286. The molecule has 2 aromatic carbocycles. The fourth-order valence-electron chi connectivity index (χ4n) is 2.60. The molecule has 1 aliphatic rings. The van der Waals surface area contributed by atoms with Gasteiger partial charge in [-0.05, 0) is 54.9 Å². The van der Waals surface area contributed by atoms with Crippen molar-refractivity contribution in [1.82, 2.24) is 4.90 Å². The molecule has 4 nitrogen and oxygen atoms in total. The molecule has 0 saturated heterocycles. The molecule has 0 atom stereocenters. The van der Waals surface area contributed by atoms with Gasteiger partial charge in [-0.2, -0.15) is 0 Å². The number of fused-ring (bicyclic) bond motifs is 2. The Labute approximate surface area is 158 Å². The van der Waals surface area contributed by atoms with Crippen LogP contribution < -0.4 is 4.74 Å². The summed E-state index contributed by atoms with van der Waals surface area (Å²) in [6.07, 6.45) is -1.62. The standard InChI is InChI=1S/C21H23NO3/c1-22(2)11-5-8-18-17-7-4-3-6-16(17)14-25-20-10-9-15(12-19(18)20)13-21(23)24/h3-4,6-10,12H,5,11,13-14H2,1-2H3,(H,23,24)/b18-8-/i9D,10D,11D2,12D,13D2. The first-order valence-electron chi connectivity index (χ1n) is 11.3. The smallest absolute Gasteiger partial charge is 0.307 e. The number of ether oxygens (including phenoxy) is 1. The maximum absolute atomic E-state index is 11.6. The Morgan fingerprint density at radius 2 is 2.16 bits per heavy atom. The van der Waals surface area contributed by atoms with E-state index in [9.17, 15) is 9.90 Å². The maximum atomic E-state index is 11.6. The van der Waals surface area contributed by atoms with Crippen LogP contribution >= 0.6 is 0 Å². The number of hydrogen-bond acceptors (Lipinski definition) is 3. The average Bonchev–Trinajstić information content (AvgIpc) is 2.87. The highest BCUT2D eigenvalue weighted by molar-refractivity contribution is 5.85. The SMILES string of the molecule is [2H]c1c([2H])c(C([2H])([2H])C(=O)O)c([2H])c2c1OCc1ccccc1/C2=C/CC([2H])([2H])N(C)C. The lowest BCUT2D eigenvalue weighted by molar-refractivity contribution is -0.136. The van der Waals surface area contributed by atoms with Crippen LogP contribution in [0.15, 0.2) is 48.5 Å². The van der Waals surface area contributed by atoms with E-state index in [1.165, 1.54) is 4.90 Å². The molecule has 0 spiro atoms. The molecule has 0 saturated carbocycles. The highest BCUT2D eigenvalue weighted by atomic mass is 16.5. The zero-order valence-electron chi connectivity index (χ0n) is 21.0. The van der Waals surface area contributed by atoms with E-state index in [4.69, 9.17) is 14.3 Å². The highest BCUT2D eigenvalue weighted by Crippen LogP contribution is 2.37. The first-order chi connectivity index (χ1) is 14.8. The van der Waals surface area contributed by atoms with Gasteiger partial charge in [-0.25, -0.2) is 0 Å². The lowest BCUT2D eigenvalue weighted by Crippen LogP contribution is -2.12. The third-order valence-corrected chi connectivity index (χ3v) is 3.67. The van der Waals surface area contributed by atoms with Gasteiger partial charge in [0.25, 0.3) is 0 Å². The topological polar surface area (TPSA) is 49.8 Å². The minimum absolute atomic E-state index is 0.0226. The summed E-state index contributed by atoms with van der Waals surface area (Å²) in [5.74, 6) is -2.00. The van der Waals surface area contributed by atoms with Crippen molar-refractivity contribution in [2.24, 2.45) is 0 Å². The first-order valence-corrected chi connectivity index (χ1v) is 7.77. The van der Waals surface area contributed by atoms with Crippen molar-refractivity contribution in [2.45, 2.75) is 19.4 Å². The van der Waals surface area contributed by atoms with Gasteiger partial charge in [0, 0.05) is 17.5 Å². The molecule has 130 valence electrons. The number of rotatable bonds is 5. The molecule has 0 amide bonds. The van der Waals surface area contributed by atoms with Crippen molar-refractivity contribution >= 4 is 11.5 Å². The van der Waals surface area contributed by atoms with E-state index in [1.54, 1.807) is 44.4 Å². The summed E-state index contributed by atoms with van der Waals surface area (Å²) < 4.78 is 63.4. The van der Waals surface area contributed by atoms with Crippen molar-refractivity contribution < 1.29 is 24.2 Å². The second-order valence-electron chi connectivity index (χ2n) is 5.70. The molecule has 1 aliphatic heterocycles. The van der Waals surface area contributed by atoms with Gasteiger partial charge in [0.15, 0.2) is 0 Å². The predicted octanol–water partition coefficient (Wildman–Crippen LogP) is 3.59. The Morgan fingerprint density at radius 1 is 1.36 bits per heavy atom. The summed E-state index contributed by atoms with van der Waals surface area (Å²) in [4.78, 5) is 13.0. The van der Waals surface area contributed by atoms with Crippen LogP contribution in [0.1, 0.15) is 38.3 Å². The number of carbonyl (C=O) groups is 1. The lowest BCUT2D eigenvalue weighted by atomic mass is 9.92. The zero-order valence-corrected chi connectivity index (χ0v) is 14.0. The number of hydrogen-bond donors (Lipinski definition) is 1. The molecule has 0 radical (unpaired) electrons. The second-order valence-corrected chi connectivity index (χ2v) is 5.70. The molecule has 2 aromatic rings. The molecular weight excluding hydrogens is 314 g/mol. The van der Waals surface area contributed by atoms with Crippen LogP contribution in [-0.4, -0.2) is 36.6 Å². The van der Waals surface area contributed by atoms with Crippen molar-refractivity contribution in [3.05, 3.63) is 70.7 Å². The van der Waals surface area contributed by atoms with Crippen molar-refractivity contribution in [2.75, 3.05) is 20.6 Å². The van der Waals surface area contributed by atoms with E-state index in [1.807, 2.05) is 0 Å². The van der Waals surface area contributed by atoms with Crippen molar-refractivity contribution in [3.63, 3.8) is 0 Å². The summed E-state index contributed by atoms with van der Waals surface area (Å²) in [6, 6.07) is 5.24. The third-order valence-electron chi connectivity index (χ3n) is 3.67. The van der Waals surface area contributed by atoms with Gasteiger partial charge in [0.1, 0.15) is 12.4 Å². The Balaban J connectivity index is 2.39. The average molecular weight is 344 g/mol. The molecule has 1 heterocycles. The van der Waals surface area contributed by atoms with Gasteiger partial charge in [-0.1, -0.05) is 36.4 Å². The maximum Gasteiger partial charge on any atom is 0.307 e. The summed E-state index contributed by atoms with van der Waals surface area (Å²) >= 11 is 0. The minimum Gasteiger partial charge on any atom is -0.488 e. The van der Waals surface area contributed by atoms with Gasteiger partial charge < -0.3 is 14.7 Å². The van der Waals surface area contributed by atoms with E-state index in [0.717, 1.165) is 0 Å². The van der Waals surface area contributed by atoms with Crippen LogP contribution in [0.2, 0.25) is 0 Å². The van der Waals surface area contributed by atoms with Crippen molar-refractivity contribution in [3.8, 4) is 5.75 Å². The van der Waals surface area contributed by atoms with E-state index in [0.29, 0.717) is 16.7 Å². The summed E-state index contributed by atoms with van der Waals surface area (Å²) in [5, 5.41) is 9.39. The quantitative estimate of drug-likeness (QED) is 0.900. The zero-order chi connectivity index (χ0) is 24.0. The molecule has 4 heteroatoms. The summed E-state index contributed by atoms with van der Waals surface area (Å²) in [5.41, 5.74) is 0.880. The normalized spacial score (nSPS) is 19.8. The second kappa shape index (κ2) is 7.53. The summed E-state index contributed by atoms with van der Waals surface area (Å²) in [6.45, 7) is -1.72. The fourth-order valence-corrected chi connectivity index (χ4v) is 2.60. The molecular formula is C21H23NO3. The predicted molar refractivity (Wildman–Crippen MR) is 98.8 cm³/mol. The molecule has 0 aliphatic carbocycles. The number of nitrogens with zero attached hydrogens (tertiary/aromatic N) is 1. The Hall–Kier alpha value is -2.59. The van der Waals surface area contributed by atoms with E-state index < -0.39 is 42.5 Å². The van der Waals surface area contributed by atoms with Gasteiger partial charge in [-0.3, -0.25) is 4.79 Å². The molecule has 1 N–H and O–H groups in total. The van der Waals surface area contributed by atoms with Crippen LogP contribution in [0.5, 0.6) is 5.75 Å². The Morgan fingerprint density at radius 3 is 2.92 bits per heavy atom. The molecule has 0 fully saturated rings. The Bertz CT molecular complexity index is 1110. The number of carboxylic acid groups (broad SMARTS) is 1. The lowest BCUT2D eigenvalue weighted by Gasteiger charge is -2.13. The van der Waals surface area contributed by atoms with E-state index >= 15 is 0 Å². The van der Waals surface area contributed by atoms with E-state index in [-0.39, 0.29) is 24.3 Å². The minimum atomic E-state index is -3.08. The van der Waals surface area contributed by atoms with Crippen LogP contribution in [0.25, 0.3) is 5.57 Å². The number of carboxylic acids is 1. The van der Waals surface area contributed by atoms with Gasteiger partial charge >= 0.3 is 5.97 Å². The molecule has 0 unspecified atom stereocenters. The first kappa shape index (κ1) is 10.4.